The third-order valence-electron chi connectivity index (χ3n) is 3.09. The molecule has 0 radical (unpaired) electrons. The lowest BCUT2D eigenvalue weighted by Gasteiger charge is -2.23. The second-order valence-electron chi connectivity index (χ2n) is 4.29. The lowest BCUT2D eigenvalue weighted by atomic mass is 10.1. The maximum absolute atomic E-state index is 11.5. The average Bonchev–Trinajstić information content (AvgIpc) is 2.30. The quantitative estimate of drug-likeness (QED) is 0.804. The van der Waals surface area contributed by atoms with Crippen molar-refractivity contribution in [3.63, 3.8) is 0 Å². The van der Waals surface area contributed by atoms with Gasteiger partial charge in [0.2, 0.25) is 5.91 Å². The number of carbonyl (C=O) groups is 1. The van der Waals surface area contributed by atoms with E-state index >= 15 is 0 Å². The van der Waals surface area contributed by atoms with Crippen LogP contribution in [0.15, 0.2) is 24.3 Å². The molecule has 0 aliphatic carbocycles. The van der Waals surface area contributed by atoms with Crippen molar-refractivity contribution in [2.75, 3.05) is 6.54 Å². The van der Waals surface area contributed by atoms with Crippen LogP contribution in [-0.4, -0.2) is 18.5 Å². The summed E-state index contributed by atoms with van der Waals surface area (Å²) in [5.41, 5.74) is 2.53. The molecule has 0 spiro atoms. The molecule has 0 aromatic heterocycles. The Morgan fingerprint density at radius 2 is 2.25 bits per heavy atom. The molecule has 1 unspecified atom stereocenters. The summed E-state index contributed by atoms with van der Waals surface area (Å²) in [5, 5.41) is 6.20. The van der Waals surface area contributed by atoms with Gasteiger partial charge in [0, 0.05) is 13.1 Å². The van der Waals surface area contributed by atoms with E-state index in [0.717, 1.165) is 25.9 Å². The van der Waals surface area contributed by atoms with Crippen molar-refractivity contribution in [3.05, 3.63) is 35.4 Å². The molecular formula is C13H18N2O. The smallest absolute Gasteiger partial charge is 0.237 e. The Morgan fingerprint density at radius 1 is 1.44 bits per heavy atom. The summed E-state index contributed by atoms with van der Waals surface area (Å²) in [4.78, 5) is 11.5. The van der Waals surface area contributed by atoms with E-state index < -0.39 is 0 Å². The van der Waals surface area contributed by atoms with Gasteiger partial charge in [-0.2, -0.15) is 0 Å². The molecule has 1 fully saturated rings. The molecule has 1 amide bonds. The molecule has 3 nitrogen and oxygen atoms in total. The molecule has 1 aliphatic heterocycles. The fraction of sp³-hybridized carbons (Fsp3) is 0.462. The first-order valence-corrected chi connectivity index (χ1v) is 5.83. The van der Waals surface area contributed by atoms with Gasteiger partial charge in [-0.1, -0.05) is 24.3 Å². The Bertz CT molecular complexity index is 376. The van der Waals surface area contributed by atoms with Crippen molar-refractivity contribution in [1.82, 2.24) is 10.6 Å². The Hall–Kier alpha value is -1.35. The molecule has 1 saturated heterocycles. The maximum Gasteiger partial charge on any atom is 0.237 e. The molecule has 0 saturated carbocycles. The topological polar surface area (TPSA) is 41.1 Å². The number of hydrogen-bond acceptors (Lipinski definition) is 2. The normalized spacial score (nSPS) is 20.6. The number of carbonyl (C=O) groups excluding carboxylic acids is 1. The molecule has 1 heterocycles. The highest BCUT2D eigenvalue weighted by molar-refractivity contribution is 5.82. The van der Waals surface area contributed by atoms with E-state index in [1.807, 2.05) is 12.1 Å². The molecule has 86 valence electrons. The number of aryl methyl sites for hydroxylation is 1. The predicted molar refractivity (Wildman–Crippen MR) is 64.1 cm³/mol. The first kappa shape index (κ1) is 11.1. The molecule has 1 aliphatic rings. The summed E-state index contributed by atoms with van der Waals surface area (Å²) >= 11 is 0. The number of rotatable bonds is 3. The van der Waals surface area contributed by atoms with E-state index in [9.17, 15) is 4.79 Å². The first-order valence-electron chi connectivity index (χ1n) is 5.83. The van der Waals surface area contributed by atoms with Crippen LogP contribution in [0.2, 0.25) is 0 Å². The van der Waals surface area contributed by atoms with Gasteiger partial charge >= 0.3 is 0 Å². The molecular weight excluding hydrogens is 200 g/mol. The van der Waals surface area contributed by atoms with Gasteiger partial charge in [0.25, 0.3) is 0 Å². The van der Waals surface area contributed by atoms with Crippen molar-refractivity contribution in [3.8, 4) is 0 Å². The number of piperidine rings is 1. The number of nitrogens with one attached hydrogen (secondary N) is 2. The molecule has 0 bridgehead atoms. The molecule has 1 aromatic rings. The molecule has 1 atom stereocenters. The number of hydrogen-bond donors (Lipinski definition) is 2. The van der Waals surface area contributed by atoms with Gasteiger partial charge in [-0.05, 0) is 30.9 Å². The molecule has 16 heavy (non-hydrogen) atoms. The second kappa shape index (κ2) is 5.12. The van der Waals surface area contributed by atoms with Crippen molar-refractivity contribution >= 4 is 5.91 Å². The summed E-state index contributed by atoms with van der Waals surface area (Å²) < 4.78 is 0. The van der Waals surface area contributed by atoms with Crippen molar-refractivity contribution in [1.29, 1.82) is 0 Å². The van der Waals surface area contributed by atoms with Gasteiger partial charge < -0.3 is 10.6 Å². The zero-order valence-electron chi connectivity index (χ0n) is 9.62. The van der Waals surface area contributed by atoms with Crippen molar-refractivity contribution < 1.29 is 4.79 Å². The average molecular weight is 218 g/mol. The zero-order chi connectivity index (χ0) is 11.4. The summed E-state index contributed by atoms with van der Waals surface area (Å²) in [6, 6.07) is 8.24. The van der Waals surface area contributed by atoms with Gasteiger partial charge in [-0.15, -0.1) is 0 Å². The highest BCUT2D eigenvalue weighted by Gasteiger charge is 2.20. The van der Waals surface area contributed by atoms with Crippen LogP contribution in [0.3, 0.4) is 0 Å². The van der Waals surface area contributed by atoms with E-state index in [2.05, 4.69) is 29.7 Å². The Labute approximate surface area is 96.2 Å². The number of benzene rings is 1. The fourth-order valence-corrected chi connectivity index (χ4v) is 2.01. The van der Waals surface area contributed by atoms with Gasteiger partial charge in [0.05, 0.1) is 6.04 Å². The third-order valence-corrected chi connectivity index (χ3v) is 3.09. The number of amides is 1. The van der Waals surface area contributed by atoms with Crippen LogP contribution in [0.1, 0.15) is 24.0 Å². The highest BCUT2D eigenvalue weighted by Crippen LogP contribution is 2.08. The van der Waals surface area contributed by atoms with Gasteiger partial charge in [0.1, 0.15) is 0 Å². The van der Waals surface area contributed by atoms with Gasteiger partial charge in [-0.3, -0.25) is 4.79 Å². The fourth-order valence-electron chi connectivity index (χ4n) is 2.01. The predicted octanol–water partition coefficient (Wildman–Crippen LogP) is 1.36. The van der Waals surface area contributed by atoms with Gasteiger partial charge in [-0.25, -0.2) is 0 Å². The van der Waals surface area contributed by atoms with Crippen molar-refractivity contribution in [2.24, 2.45) is 0 Å². The minimum absolute atomic E-state index is 0.0200. The Balaban J connectivity index is 1.92. The minimum atomic E-state index is -0.0200. The summed E-state index contributed by atoms with van der Waals surface area (Å²) in [6.07, 6.45) is 2.01. The molecule has 2 rings (SSSR count). The van der Waals surface area contributed by atoms with E-state index in [0.29, 0.717) is 0 Å². The van der Waals surface area contributed by atoms with E-state index in [1.165, 1.54) is 11.1 Å². The largest absolute Gasteiger partial charge is 0.355 e. The standard InChI is InChI=1S/C13H18N2O/c1-10-5-2-3-6-11(10)9-15-12-7-4-8-14-13(12)16/h2-3,5-6,12,15H,4,7-9H2,1H3,(H,14,16). The summed E-state index contributed by atoms with van der Waals surface area (Å²) in [5.74, 6) is 0.139. The van der Waals surface area contributed by atoms with Crippen LogP contribution in [0.25, 0.3) is 0 Å². The SMILES string of the molecule is Cc1ccccc1CNC1CCCNC1=O. The van der Waals surface area contributed by atoms with Crippen molar-refractivity contribution in [2.45, 2.75) is 32.4 Å². The Kier molecular flexibility index (Phi) is 3.57. The highest BCUT2D eigenvalue weighted by atomic mass is 16.2. The lowest BCUT2D eigenvalue weighted by molar-refractivity contribution is -0.124. The van der Waals surface area contributed by atoms with Crippen LogP contribution in [0.5, 0.6) is 0 Å². The summed E-state index contributed by atoms with van der Waals surface area (Å²) in [7, 11) is 0. The monoisotopic (exact) mass is 218 g/mol. The zero-order valence-corrected chi connectivity index (χ0v) is 9.62. The van der Waals surface area contributed by atoms with Gasteiger partial charge in [0.15, 0.2) is 0 Å². The molecule has 3 heteroatoms. The van der Waals surface area contributed by atoms with Crippen LogP contribution >= 0.6 is 0 Å². The van der Waals surface area contributed by atoms with E-state index in [4.69, 9.17) is 0 Å². The van der Waals surface area contributed by atoms with E-state index in [-0.39, 0.29) is 11.9 Å². The lowest BCUT2D eigenvalue weighted by Crippen LogP contribution is -2.47. The molecule has 1 aromatic carbocycles. The van der Waals surface area contributed by atoms with Crippen LogP contribution in [0, 0.1) is 6.92 Å². The van der Waals surface area contributed by atoms with Crippen LogP contribution in [-0.2, 0) is 11.3 Å². The molecule has 2 N–H and O–H groups in total. The summed E-state index contributed by atoms with van der Waals surface area (Å²) in [6.45, 7) is 3.68. The third kappa shape index (κ3) is 2.61. The van der Waals surface area contributed by atoms with E-state index in [1.54, 1.807) is 0 Å². The Morgan fingerprint density at radius 3 is 3.00 bits per heavy atom. The first-order chi connectivity index (χ1) is 7.77. The maximum atomic E-state index is 11.5. The van der Waals surface area contributed by atoms with Crippen LogP contribution in [0.4, 0.5) is 0 Å². The second-order valence-corrected chi connectivity index (χ2v) is 4.29. The minimum Gasteiger partial charge on any atom is -0.355 e. The van der Waals surface area contributed by atoms with Crippen LogP contribution < -0.4 is 10.6 Å².